The van der Waals surface area contributed by atoms with E-state index >= 15 is 0 Å². The van der Waals surface area contributed by atoms with E-state index in [1.165, 1.54) is 30.3 Å². The zero-order valence-electron chi connectivity index (χ0n) is 11.0. The second kappa shape index (κ2) is 5.61. The van der Waals surface area contributed by atoms with Gasteiger partial charge in [-0.25, -0.2) is 4.79 Å². The van der Waals surface area contributed by atoms with Crippen LogP contribution < -0.4 is 10.4 Å². The molecule has 0 aliphatic rings. The van der Waals surface area contributed by atoms with Crippen LogP contribution in [-0.2, 0) is 0 Å². The van der Waals surface area contributed by atoms with Crippen molar-refractivity contribution >= 4 is 32.6 Å². The SMILES string of the molecule is O=c1oc2ccc(Br)cc2cc1Oc1cccc([N+](=O)[O-])c1. The number of nitro groups is 1. The van der Waals surface area contributed by atoms with Crippen molar-refractivity contribution in [3.8, 4) is 11.5 Å². The fourth-order valence-corrected chi connectivity index (χ4v) is 2.31. The molecule has 0 saturated heterocycles. The molecule has 0 atom stereocenters. The maximum Gasteiger partial charge on any atom is 0.379 e. The monoisotopic (exact) mass is 361 g/mol. The summed E-state index contributed by atoms with van der Waals surface area (Å²) in [6.07, 6.45) is 0. The third-order valence-corrected chi connectivity index (χ3v) is 3.41. The van der Waals surface area contributed by atoms with Crippen LogP contribution in [-0.4, -0.2) is 4.92 Å². The van der Waals surface area contributed by atoms with E-state index in [1.807, 2.05) is 0 Å². The van der Waals surface area contributed by atoms with Gasteiger partial charge >= 0.3 is 5.63 Å². The number of benzene rings is 2. The van der Waals surface area contributed by atoms with Crippen molar-refractivity contribution < 1.29 is 14.1 Å². The minimum atomic E-state index is -0.652. The molecule has 0 fully saturated rings. The summed E-state index contributed by atoms with van der Waals surface area (Å²) in [6.45, 7) is 0. The van der Waals surface area contributed by atoms with Gasteiger partial charge in [-0.05, 0) is 30.3 Å². The largest absolute Gasteiger partial charge is 0.449 e. The molecule has 0 N–H and O–H groups in total. The molecule has 6 nitrogen and oxygen atoms in total. The van der Waals surface area contributed by atoms with Crippen LogP contribution in [0.5, 0.6) is 11.5 Å². The summed E-state index contributed by atoms with van der Waals surface area (Å²) in [6, 6.07) is 12.3. The van der Waals surface area contributed by atoms with Crippen LogP contribution >= 0.6 is 15.9 Å². The molecule has 1 aromatic heterocycles. The lowest BCUT2D eigenvalue weighted by molar-refractivity contribution is -0.384. The maximum atomic E-state index is 11.9. The first-order chi connectivity index (χ1) is 10.5. The van der Waals surface area contributed by atoms with E-state index in [0.29, 0.717) is 11.0 Å². The highest BCUT2D eigenvalue weighted by Gasteiger charge is 2.11. The number of non-ortho nitro benzene ring substituents is 1. The van der Waals surface area contributed by atoms with Gasteiger partial charge in [-0.15, -0.1) is 0 Å². The summed E-state index contributed by atoms with van der Waals surface area (Å²) in [7, 11) is 0. The molecule has 0 saturated carbocycles. The summed E-state index contributed by atoms with van der Waals surface area (Å²) in [5.74, 6) is 0.155. The lowest BCUT2D eigenvalue weighted by Crippen LogP contribution is -2.03. The summed E-state index contributed by atoms with van der Waals surface area (Å²) in [5.41, 5.74) is -0.341. The van der Waals surface area contributed by atoms with E-state index in [9.17, 15) is 14.9 Å². The number of nitrogens with zero attached hydrogens (tertiary/aromatic N) is 1. The highest BCUT2D eigenvalue weighted by Crippen LogP contribution is 2.26. The van der Waals surface area contributed by atoms with E-state index in [-0.39, 0.29) is 17.2 Å². The van der Waals surface area contributed by atoms with Crippen LogP contribution in [0.25, 0.3) is 11.0 Å². The Hall–Kier alpha value is -2.67. The van der Waals surface area contributed by atoms with Gasteiger partial charge in [0.1, 0.15) is 11.3 Å². The molecule has 0 amide bonds. The third kappa shape index (κ3) is 2.84. The van der Waals surface area contributed by atoms with Gasteiger partial charge in [-0.3, -0.25) is 10.1 Å². The van der Waals surface area contributed by atoms with Gasteiger partial charge in [0.15, 0.2) is 0 Å². The van der Waals surface area contributed by atoms with Gasteiger partial charge in [-0.2, -0.15) is 0 Å². The molecule has 0 spiro atoms. The molecule has 0 unspecified atom stereocenters. The number of halogens is 1. The number of nitro benzene ring substituents is 1. The number of ether oxygens (including phenoxy) is 1. The van der Waals surface area contributed by atoms with Gasteiger partial charge in [0.25, 0.3) is 5.69 Å². The highest BCUT2D eigenvalue weighted by atomic mass is 79.9. The molecule has 22 heavy (non-hydrogen) atoms. The van der Waals surface area contributed by atoms with Crippen LogP contribution in [0, 0.1) is 10.1 Å². The number of hydrogen-bond acceptors (Lipinski definition) is 5. The van der Waals surface area contributed by atoms with Crippen LogP contribution in [0.15, 0.2) is 62.2 Å². The lowest BCUT2D eigenvalue weighted by Gasteiger charge is -2.05. The Morgan fingerprint density at radius 2 is 1.95 bits per heavy atom. The van der Waals surface area contributed by atoms with E-state index in [4.69, 9.17) is 9.15 Å². The van der Waals surface area contributed by atoms with E-state index in [2.05, 4.69) is 15.9 Å². The molecule has 3 rings (SSSR count). The first-order valence-corrected chi connectivity index (χ1v) is 6.98. The minimum absolute atomic E-state index is 0.0360. The first kappa shape index (κ1) is 14.3. The average molecular weight is 362 g/mol. The van der Waals surface area contributed by atoms with E-state index in [1.54, 1.807) is 18.2 Å². The molecule has 2 aromatic carbocycles. The Bertz CT molecular complexity index is 935. The van der Waals surface area contributed by atoms with Gasteiger partial charge in [0.2, 0.25) is 5.75 Å². The zero-order chi connectivity index (χ0) is 15.7. The second-order valence-corrected chi connectivity index (χ2v) is 5.35. The minimum Gasteiger partial charge on any atom is -0.449 e. The van der Waals surface area contributed by atoms with Crippen molar-refractivity contribution in [2.75, 3.05) is 0 Å². The summed E-state index contributed by atoms with van der Waals surface area (Å²) < 4.78 is 11.4. The lowest BCUT2D eigenvalue weighted by atomic mass is 10.2. The summed E-state index contributed by atoms with van der Waals surface area (Å²) in [5, 5.41) is 11.4. The molecular weight excluding hydrogens is 354 g/mol. The fourth-order valence-electron chi connectivity index (χ4n) is 1.93. The van der Waals surface area contributed by atoms with Gasteiger partial charge in [-0.1, -0.05) is 22.0 Å². The van der Waals surface area contributed by atoms with Crippen molar-refractivity contribution in [1.82, 2.24) is 0 Å². The number of fused-ring (bicyclic) bond motifs is 1. The van der Waals surface area contributed by atoms with Crippen molar-refractivity contribution in [2.45, 2.75) is 0 Å². The van der Waals surface area contributed by atoms with Crippen molar-refractivity contribution in [3.63, 3.8) is 0 Å². The Balaban J connectivity index is 2.03. The smallest absolute Gasteiger partial charge is 0.379 e. The quantitative estimate of drug-likeness (QED) is 0.395. The van der Waals surface area contributed by atoms with Crippen molar-refractivity contribution in [3.05, 3.63) is 73.5 Å². The maximum absolute atomic E-state index is 11.9. The van der Waals surface area contributed by atoms with Gasteiger partial charge in [0, 0.05) is 15.9 Å². The number of rotatable bonds is 3. The molecule has 3 aromatic rings. The number of hydrogen-bond donors (Lipinski definition) is 0. The summed E-state index contributed by atoms with van der Waals surface area (Å²) >= 11 is 3.33. The summed E-state index contributed by atoms with van der Waals surface area (Å²) in [4.78, 5) is 22.1. The van der Waals surface area contributed by atoms with Gasteiger partial charge in [0.05, 0.1) is 11.0 Å². The van der Waals surface area contributed by atoms with E-state index < -0.39 is 10.5 Å². The predicted octanol–water partition coefficient (Wildman–Crippen LogP) is 4.26. The molecule has 0 aliphatic carbocycles. The zero-order valence-corrected chi connectivity index (χ0v) is 12.6. The Labute approximate surface area is 132 Å². The normalized spacial score (nSPS) is 10.6. The third-order valence-electron chi connectivity index (χ3n) is 2.92. The molecule has 110 valence electrons. The molecule has 0 radical (unpaired) electrons. The standard InChI is InChI=1S/C15H8BrNO5/c16-10-4-5-13-9(6-10)7-14(15(18)22-13)21-12-3-1-2-11(8-12)17(19)20/h1-8H. The average Bonchev–Trinajstić information content (AvgIpc) is 2.49. The fraction of sp³-hybridized carbons (Fsp3) is 0. The Morgan fingerprint density at radius 3 is 2.73 bits per heavy atom. The Kier molecular flexibility index (Phi) is 3.64. The predicted molar refractivity (Wildman–Crippen MR) is 83.4 cm³/mol. The molecule has 0 aliphatic heterocycles. The first-order valence-electron chi connectivity index (χ1n) is 6.19. The van der Waals surface area contributed by atoms with Crippen molar-refractivity contribution in [1.29, 1.82) is 0 Å². The molecule has 7 heteroatoms. The van der Waals surface area contributed by atoms with Crippen LogP contribution in [0.3, 0.4) is 0 Å². The topological polar surface area (TPSA) is 82.6 Å². The molecule has 1 heterocycles. The van der Waals surface area contributed by atoms with E-state index in [0.717, 1.165) is 4.47 Å². The molecular formula is C15H8BrNO5. The Morgan fingerprint density at radius 1 is 1.14 bits per heavy atom. The van der Waals surface area contributed by atoms with Gasteiger partial charge < -0.3 is 9.15 Å². The second-order valence-electron chi connectivity index (χ2n) is 4.44. The van der Waals surface area contributed by atoms with Crippen LogP contribution in [0.4, 0.5) is 5.69 Å². The van der Waals surface area contributed by atoms with Crippen LogP contribution in [0.2, 0.25) is 0 Å². The molecule has 0 bridgehead atoms. The highest BCUT2D eigenvalue weighted by molar-refractivity contribution is 9.10. The van der Waals surface area contributed by atoms with Crippen LogP contribution in [0.1, 0.15) is 0 Å². The van der Waals surface area contributed by atoms with Crippen molar-refractivity contribution in [2.24, 2.45) is 0 Å².